The molecule has 64 valence electrons. The van der Waals surface area contributed by atoms with Gasteiger partial charge in [0.25, 0.3) is 0 Å². The summed E-state index contributed by atoms with van der Waals surface area (Å²) in [4.78, 5) is 7.44. The predicted octanol–water partition coefficient (Wildman–Crippen LogP) is 1.79. The van der Waals surface area contributed by atoms with Crippen molar-refractivity contribution in [2.75, 3.05) is 6.61 Å². The van der Waals surface area contributed by atoms with Gasteiger partial charge in [-0.15, -0.1) is 0 Å². The molecule has 0 aliphatic rings. The molecule has 1 rings (SSSR count). The van der Waals surface area contributed by atoms with Crippen LogP contribution in [0.5, 0.6) is 0 Å². The van der Waals surface area contributed by atoms with Crippen molar-refractivity contribution in [3.05, 3.63) is 28.3 Å². The number of aliphatic hydroxyl groups is 1. The standard InChI is InChI=1S/C7H6Cl2N2O/c8-6-5(2-1-3-12)4-10-7(9)11-6/h1-2,4,12H,3H2. The van der Waals surface area contributed by atoms with Gasteiger partial charge in [-0.05, 0) is 11.6 Å². The van der Waals surface area contributed by atoms with Gasteiger partial charge in [0.1, 0.15) is 5.15 Å². The average Bonchev–Trinajstić information content (AvgIpc) is 2.03. The molecule has 0 aliphatic carbocycles. The number of aromatic nitrogens is 2. The third-order valence-electron chi connectivity index (χ3n) is 1.14. The summed E-state index contributed by atoms with van der Waals surface area (Å²) in [7, 11) is 0. The number of halogens is 2. The van der Waals surface area contributed by atoms with Crippen molar-refractivity contribution in [3.63, 3.8) is 0 Å². The second kappa shape index (κ2) is 4.40. The topological polar surface area (TPSA) is 46.0 Å². The van der Waals surface area contributed by atoms with E-state index >= 15 is 0 Å². The summed E-state index contributed by atoms with van der Waals surface area (Å²) in [6.07, 6.45) is 4.65. The third-order valence-corrected chi connectivity index (χ3v) is 1.63. The van der Waals surface area contributed by atoms with Gasteiger partial charge in [0.15, 0.2) is 0 Å². The molecule has 0 spiro atoms. The maximum absolute atomic E-state index is 8.48. The van der Waals surface area contributed by atoms with Crippen molar-refractivity contribution < 1.29 is 5.11 Å². The van der Waals surface area contributed by atoms with Gasteiger partial charge in [0.05, 0.1) is 6.61 Å². The van der Waals surface area contributed by atoms with Crippen LogP contribution in [-0.4, -0.2) is 21.7 Å². The molecule has 1 aromatic rings. The van der Waals surface area contributed by atoms with Crippen LogP contribution in [0, 0.1) is 0 Å². The van der Waals surface area contributed by atoms with Crippen molar-refractivity contribution in [3.8, 4) is 0 Å². The molecule has 1 N–H and O–H groups in total. The minimum atomic E-state index is -0.0427. The van der Waals surface area contributed by atoms with Crippen LogP contribution in [0.2, 0.25) is 10.4 Å². The van der Waals surface area contributed by atoms with Crippen LogP contribution >= 0.6 is 23.2 Å². The molecule has 0 atom stereocenters. The van der Waals surface area contributed by atoms with Gasteiger partial charge in [-0.2, -0.15) is 0 Å². The van der Waals surface area contributed by atoms with E-state index in [1.807, 2.05) is 0 Å². The second-order valence-corrected chi connectivity index (χ2v) is 2.67. The highest BCUT2D eigenvalue weighted by atomic mass is 35.5. The van der Waals surface area contributed by atoms with Crippen LogP contribution in [0.3, 0.4) is 0 Å². The van der Waals surface area contributed by atoms with Crippen LogP contribution in [0.4, 0.5) is 0 Å². The van der Waals surface area contributed by atoms with E-state index in [0.717, 1.165) is 0 Å². The molecule has 0 aliphatic heterocycles. The minimum Gasteiger partial charge on any atom is -0.392 e. The Labute approximate surface area is 79.7 Å². The molecule has 5 heteroatoms. The van der Waals surface area contributed by atoms with E-state index in [-0.39, 0.29) is 17.0 Å². The summed E-state index contributed by atoms with van der Waals surface area (Å²) in [5.41, 5.74) is 0.634. The molecule has 12 heavy (non-hydrogen) atoms. The van der Waals surface area contributed by atoms with Crippen molar-refractivity contribution in [1.82, 2.24) is 9.97 Å². The number of rotatable bonds is 2. The molecule has 1 aromatic heterocycles. The zero-order chi connectivity index (χ0) is 8.97. The van der Waals surface area contributed by atoms with Crippen LogP contribution in [0.15, 0.2) is 12.3 Å². The summed E-state index contributed by atoms with van der Waals surface area (Å²) in [6, 6.07) is 0. The molecule has 0 bridgehead atoms. The van der Waals surface area contributed by atoms with Gasteiger partial charge in [0, 0.05) is 11.8 Å². The van der Waals surface area contributed by atoms with Gasteiger partial charge in [-0.3, -0.25) is 0 Å². The summed E-state index contributed by atoms with van der Waals surface area (Å²) >= 11 is 11.2. The first-order valence-corrected chi connectivity index (χ1v) is 3.95. The SMILES string of the molecule is OCC=Cc1cnc(Cl)nc1Cl. The summed E-state index contributed by atoms with van der Waals surface area (Å²) in [6.45, 7) is -0.0427. The van der Waals surface area contributed by atoms with Crippen LogP contribution < -0.4 is 0 Å². The van der Waals surface area contributed by atoms with E-state index in [1.165, 1.54) is 6.20 Å². The molecule has 0 saturated carbocycles. The Balaban J connectivity index is 2.94. The van der Waals surface area contributed by atoms with E-state index in [9.17, 15) is 0 Å². The fourth-order valence-electron chi connectivity index (χ4n) is 0.642. The first kappa shape index (κ1) is 9.45. The Morgan fingerprint density at radius 2 is 2.25 bits per heavy atom. The van der Waals surface area contributed by atoms with Crippen LogP contribution in [-0.2, 0) is 0 Å². The second-order valence-electron chi connectivity index (χ2n) is 1.97. The van der Waals surface area contributed by atoms with Crippen molar-refractivity contribution >= 4 is 29.3 Å². The molecule has 0 unspecified atom stereocenters. The highest BCUT2D eigenvalue weighted by Gasteiger charge is 1.98. The first-order valence-electron chi connectivity index (χ1n) is 3.19. The normalized spacial score (nSPS) is 10.9. The Morgan fingerprint density at radius 3 is 2.83 bits per heavy atom. The molecule has 0 radical (unpaired) electrons. The molecular weight excluding hydrogens is 199 g/mol. The van der Waals surface area contributed by atoms with E-state index in [1.54, 1.807) is 12.2 Å². The molecule has 3 nitrogen and oxygen atoms in total. The number of hydrogen-bond acceptors (Lipinski definition) is 3. The van der Waals surface area contributed by atoms with Crippen molar-refractivity contribution in [2.24, 2.45) is 0 Å². The molecule has 0 fully saturated rings. The number of hydrogen-bond donors (Lipinski definition) is 1. The fraction of sp³-hybridized carbons (Fsp3) is 0.143. The Kier molecular flexibility index (Phi) is 3.47. The lowest BCUT2D eigenvalue weighted by atomic mass is 10.3. The predicted molar refractivity (Wildman–Crippen MR) is 48.2 cm³/mol. The fourth-order valence-corrected chi connectivity index (χ4v) is 1.01. The van der Waals surface area contributed by atoms with Gasteiger partial charge >= 0.3 is 0 Å². The van der Waals surface area contributed by atoms with E-state index in [2.05, 4.69) is 9.97 Å². The first-order chi connectivity index (χ1) is 5.74. The Morgan fingerprint density at radius 1 is 1.50 bits per heavy atom. The third kappa shape index (κ3) is 2.44. The Hall–Kier alpha value is -0.640. The van der Waals surface area contributed by atoms with E-state index in [4.69, 9.17) is 28.3 Å². The molecule has 0 saturated heterocycles. The average molecular weight is 205 g/mol. The monoisotopic (exact) mass is 204 g/mol. The van der Waals surface area contributed by atoms with Gasteiger partial charge in [-0.25, -0.2) is 9.97 Å². The maximum atomic E-state index is 8.48. The largest absolute Gasteiger partial charge is 0.392 e. The van der Waals surface area contributed by atoms with Gasteiger partial charge in [-0.1, -0.05) is 23.8 Å². The van der Waals surface area contributed by atoms with Gasteiger partial charge < -0.3 is 5.11 Å². The smallest absolute Gasteiger partial charge is 0.223 e. The lowest BCUT2D eigenvalue weighted by Gasteiger charge is -1.95. The van der Waals surface area contributed by atoms with Crippen LogP contribution in [0.1, 0.15) is 5.56 Å². The number of aliphatic hydroxyl groups excluding tert-OH is 1. The van der Waals surface area contributed by atoms with Crippen molar-refractivity contribution in [1.29, 1.82) is 0 Å². The number of nitrogens with zero attached hydrogens (tertiary/aromatic N) is 2. The zero-order valence-electron chi connectivity index (χ0n) is 6.04. The van der Waals surface area contributed by atoms with E-state index < -0.39 is 0 Å². The molecular formula is C7H6Cl2N2O. The lowest BCUT2D eigenvalue weighted by molar-refractivity contribution is 0.343. The maximum Gasteiger partial charge on any atom is 0.223 e. The molecule has 0 aromatic carbocycles. The summed E-state index contributed by atoms with van der Waals surface area (Å²) < 4.78 is 0. The summed E-state index contributed by atoms with van der Waals surface area (Å²) in [5, 5.41) is 8.87. The van der Waals surface area contributed by atoms with Gasteiger partial charge in [0.2, 0.25) is 5.28 Å². The molecule has 1 heterocycles. The highest BCUT2D eigenvalue weighted by molar-refractivity contribution is 6.32. The molecule has 0 amide bonds. The highest BCUT2D eigenvalue weighted by Crippen LogP contribution is 2.15. The van der Waals surface area contributed by atoms with Crippen molar-refractivity contribution in [2.45, 2.75) is 0 Å². The lowest BCUT2D eigenvalue weighted by Crippen LogP contribution is -1.86. The Bertz CT molecular complexity index is 301. The van der Waals surface area contributed by atoms with E-state index in [0.29, 0.717) is 5.56 Å². The quantitative estimate of drug-likeness (QED) is 0.591. The van der Waals surface area contributed by atoms with Crippen LogP contribution in [0.25, 0.3) is 6.08 Å². The summed E-state index contributed by atoms with van der Waals surface area (Å²) in [5.74, 6) is 0. The zero-order valence-corrected chi connectivity index (χ0v) is 7.55. The minimum absolute atomic E-state index is 0.0427.